The maximum atomic E-state index is 10.7. The first-order valence-corrected chi connectivity index (χ1v) is 4.67. The highest BCUT2D eigenvalue weighted by Crippen LogP contribution is 1.85. The predicted octanol–water partition coefficient (Wildman–Crippen LogP) is 0.177. The van der Waals surface area contributed by atoms with Crippen LogP contribution in [0, 0.1) is 0 Å². The van der Waals surface area contributed by atoms with E-state index in [1.54, 1.807) is 7.05 Å². The summed E-state index contributed by atoms with van der Waals surface area (Å²) in [6.07, 6.45) is 3.62. The number of carbonyl (C=O) groups is 1. The minimum Gasteiger partial charge on any atom is -0.354 e. The van der Waals surface area contributed by atoms with Gasteiger partial charge in [0.2, 0.25) is 0 Å². The van der Waals surface area contributed by atoms with E-state index < -0.39 is 0 Å². The Hall–Kier alpha value is -1.23. The number of amides is 1. The third-order valence-corrected chi connectivity index (χ3v) is 1.73. The number of hydrogen-bond acceptors (Lipinski definition) is 3. The largest absolute Gasteiger partial charge is 0.354 e. The Labute approximate surface area is 84.7 Å². The van der Waals surface area contributed by atoms with Crippen LogP contribution >= 0.6 is 0 Å². The summed E-state index contributed by atoms with van der Waals surface area (Å²) in [5.41, 5.74) is 0. The Bertz CT molecular complexity index is 213. The van der Waals surface area contributed by atoms with Gasteiger partial charge < -0.3 is 5.32 Å². The Morgan fingerprint density at radius 2 is 2.29 bits per heavy atom. The van der Waals surface area contributed by atoms with E-state index >= 15 is 0 Å². The number of aliphatic imine (C=N–C) groups is 2. The number of nitrogens with one attached hydrogen (secondary N) is 2. The second-order valence-electron chi connectivity index (χ2n) is 2.86. The molecule has 5 heteroatoms. The molecule has 5 nitrogen and oxygen atoms in total. The van der Waals surface area contributed by atoms with Crippen LogP contribution in [-0.4, -0.2) is 38.2 Å². The molecule has 0 fully saturated rings. The first kappa shape index (κ1) is 12.8. The van der Waals surface area contributed by atoms with Crippen LogP contribution in [0.2, 0.25) is 0 Å². The lowest BCUT2D eigenvalue weighted by atomic mass is 10.3. The molecule has 1 atom stereocenters. The van der Waals surface area contributed by atoms with Crippen molar-refractivity contribution in [1.29, 1.82) is 0 Å². The molecular formula is C9H18N4O. The van der Waals surface area contributed by atoms with Crippen LogP contribution in [0.15, 0.2) is 9.98 Å². The Balaban J connectivity index is 3.54. The van der Waals surface area contributed by atoms with Crippen molar-refractivity contribution in [2.45, 2.75) is 26.3 Å². The molecule has 0 aromatic heterocycles. The van der Waals surface area contributed by atoms with Gasteiger partial charge in [0.1, 0.15) is 6.34 Å². The fraction of sp³-hybridized carbons (Fsp3) is 0.667. The molecule has 0 aliphatic carbocycles. The summed E-state index contributed by atoms with van der Waals surface area (Å²) in [5.74, 6) is -0.230. The maximum Gasteiger partial charge on any atom is 0.262 e. The van der Waals surface area contributed by atoms with Crippen LogP contribution in [0.25, 0.3) is 0 Å². The zero-order valence-corrected chi connectivity index (χ0v) is 8.95. The molecular weight excluding hydrogens is 180 g/mol. The van der Waals surface area contributed by atoms with Crippen molar-refractivity contribution in [1.82, 2.24) is 10.6 Å². The fourth-order valence-electron chi connectivity index (χ4n) is 0.606. The molecule has 0 aromatic carbocycles. The van der Waals surface area contributed by atoms with Gasteiger partial charge in [0, 0.05) is 13.1 Å². The SMILES string of the molecule is CCC(C)NC/N=C\N=C\C(=O)NC. The molecule has 1 unspecified atom stereocenters. The Kier molecular flexibility index (Phi) is 7.64. The molecule has 2 N–H and O–H groups in total. The molecule has 0 rings (SSSR count). The number of nitrogens with zero attached hydrogens (tertiary/aromatic N) is 2. The van der Waals surface area contributed by atoms with Gasteiger partial charge in [-0.15, -0.1) is 0 Å². The molecule has 0 spiro atoms. The van der Waals surface area contributed by atoms with E-state index in [0.717, 1.165) is 6.42 Å². The third kappa shape index (κ3) is 7.42. The number of carbonyl (C=O) groups excluding carboxylic acids is 1. The Morgan fingerprint density at radius 3 is 2.86 bits per heavy atom. The second-order valence-corrected chi connectivity index (χ2v) is 2.86. The van der Waals surface area contributed by atoms with Gasteiger partial charge in [-0.25, -0.2) is 4.99 Å². The van der Waals surface area contributed by atoms with E-state index in [-0.39, 0.29) is 5.91 Å². The van der Waals surface area contributed by atoms with E-state index in [1.807, 2.05) is 0 Å². The van der Waals surface area contributed by atoms with Crippen LogP contribution < -0.4 is 10.6 Å². The van der Waals surface area contributed by atoms with Crippen molar-refractivity contribution in [2.75, 3.05) is 13.7 Å². The van der Waals surface area contributed by atoms with Crippen LogP contribution in [0.4, 0.5) is 0 Å². The van der Waals surface area contributed by atoms with Crippen LogP contribution in [0.3, 0.4) is 0 Å². The lowest BCUT2D eigenvalue weighted by molar-refractivity contribution is -0.113. The fourth-order valence-corrected chi connectivity index (χ4v) is 0.606. The van der Waals surface area contributed by atoms with Gasteiger partial charge in [-0.05, 0) is 13.3 Å². The first-order chi connectivity index (χ1) is 6.70. The van der Waals surface area contributed by atoms with Crippen molar-refractivity contribution in [2.24, 2.45) is 9.98 Å². The Morgan fingerprint density at radius 1 is 1.57 bits per heavy atom. The second kappa shape index (κ2) is 8.37. The average molecular weight is 198 g/mol. The highest BCUT2D eigenvalue weighted by molar-refractivity contribution is 6.27. The van der Waals surface area contributed by atoms with Crippen molar-refractivity contribution >= 4 is 18.5 Å². The summed E-state index contributed by atoms with van der Waals surface area (Å²) in [5, 5.41) is 5.58. The van der Waals surface area contributed by atoms with Gasteiger partial charge in [0.15, 0.2) is 0 Å². The maximum absolute atomic E-state index is 10.7. The number of hydrogen-bond donors (Lipinski definition) is 2. The third-order valence-electron chi connectivity index (χ3n) is 1.73. The highest BCUT2D eigenvalue weighted by Gasteiger charge is 1.92. The highest BCUT2D eigenvalue weighted by atomic mass is 16.1. The predicted molar refractivity (Wildman–Crippen MR) is 58.8 cm³/mol. The molecule has 0 aliphatic heterocycles. The molecule has 0 saturated heterocycles. The summed E-state index contributed by atoms with van der Waals surface area (Å²) in [6.45, 7) is 4.72. The summed E-state index contributed by atoms with van der Waals surface area (Å²) in [4.78, 5) is 18.3. The van der Waals surface area contributed by atoms with E-state index in [2.05, 4.69) is 34.5 Å². The van der Waals surface area contributed by atoms with Gasteiger partial charge in [-0.1, -0.05) is 6.92 Å². The zero-order chi connectivity index (χ0) is 10.8. The zero-order valence-electron chi connectivity index (χ0n) is 8.95. The van der Waals surface area contributed by atoms with Crippen LogP contribution in [0.5, 0.6) is 0 Å². The molecule has 0 radical (unpaired) electrons. The minimum atomic E-state index is -0.230. The molecule has 14 heavy (non-hydrogen) atoms. The van der Waals surface area contributed by atoms with E-state index in [4.69, 9.17) is 0 Å². The molecule has 1 amide bonds. The summed E-state index contributed by atoms with van der Waals surface area (Å²) in [7, 11) is 1.55. The van der Waals surface area contributed by atoms with E-state index in [1.165, 1.54) is 12.6 Å². The van der Waals surface area contributed by atoms with Crippen molar-refractivity contribution in [3.8, 4) is 0 Å². The molecule has 0 aliphatic rings. The smallest absolute Gasteiger partial charge is 0.262 e. The summed E-state index contributed by atoms with van der Waals surface area (Å²) < 4.78 is 0. The lowest BCUT2D eigenvalue weighted by Gasteiger charge is -2.06. The normalized spacial score (nSPS) is 13.6. The molecule has 0 aromatic rings. The van der Waals surface area contributed by atoms with Gasteiger partial charge in [0.05, 0.1) is 12.9 Å². The van der Waals surface area contributed by atoms with Gasteiger partial charge in [-0.2, -0.15) is 0 Å². The standard InChI is InChI=1S/C9H18N4O/c1-4-8(2)13-7-12-6-11-5-9(14)10-3/h5-6,8,13H,4,7H2,1-3H3,(H,10,14)/b11-5+,12-6-. The topological polar surface area (TPSA) is 65.8 Å². The van der Waals surface area contributed by atoms with Crippen molar-refractivity contribution in [3.63, 3.8) is 0 Å². The summed E-state index contributed by atoms with van der Waals surface area (Å²) >= 11 is 0. The molecule has 0 saturated carbocycles. The van der Waals surface area contributed by atoms with Gasteiger partial charge >= 0.3 is 0 Å². The van der Waals surface area contributed by atoms with Gasteiger partial charge in [0.25, 0.3) is 5.91 Å². The molecule has 0 heterocycles. The number of rotatable bonds is 6. The van der Waals surface area contributed by atoms with Crippen molar-refractivity contribution in [3.05, 3.63) is 0 Å². The lowest BCUT2D eigenvalue weighted by Crippen LogP contribution is -2.25. The quantitative estimate of drug-likeness (QED) is 0.472. The monoisotopic (exact) mass is 198 g/mol. The first-order valence-electron chi connectivity index (χ1n) is 4.67. The summed E-state index contributed by atoms with van der Waals surface area (Å²) in [6, 6.07) is 0.454. The van der Waals surface area contributed by atoms with Crippen LogP contribution in [-0.2, 0) is 4.79 Å². The molecule has 0 bridgehead atoms. The van der Waals surface area contributed by atoms with Crippen LogP contribution in [0.1, 0.15) is 20.3 Å². The van der Waals surface area contributed by atoms with Gasteiger partial charge in [-0.3, -0.25) is 15.1 Å². The van der Waals surface area contributed by atoms with Crippen molar-refractivity contribution < 1.29 is 4.79 Å². The van der Waals surface area contributed by atoms with E-state index in [0.29, 0.717) is 12.7 Å². The molecule has 80 valence electrons. The van der Waals surface area contributed by atoms with E-state index in [9.17, 15) is 4.79 Å². The average Bonchev–Trinajstić information content (AvgIpc) is 2.22. The minimum absolute atomic E-state index is 0.230.